The van der Waals surface area contributed by atoms with Gasteiger partial charge in [0.15, 0.2) is 5.96 Å². The monoisotopic (exact) mass is 199 g/mol. The number of hydrogen-bond donors (Lipinski definition) is 3. The summed E-state index contributed by atoms with van der Waals surface area (Å²) in [7, 11) is 0. The van der Waals surface area contributed by atoms with E-state index < -0.39 is 0 Å². The standard InChI is InChI=1S/C8H10FN3S/c9-6-2-1-5(3-7(6)13)4-12-8(10)11/h1-3,13H,4H2,(H4,10,11,12). The van der Waals surface area contributed by atoms with E-state index >= 15 is 0 Å². The smallest absolute Gasteiger partial charge is 0.186 e. The maximum absolute atomic E-state index is 12.7. The highest BCUT2D eigenvalue weighted by molar-refractivity contribution is 7.80. The molecule has 0 radical (unpaired) electrons. The van der Waals surface area contributed by atoms with Crippen LogP contribution in [0, 0.1) is 5.82 Å². The van der Waals surface area contributed by atoms with Crippen LogP contribution in [0.4, 0.5) is 4.39 Å². The molecule has 0 amide bonds. The van der Waals surface area contributed by atoms with Crippen molar-refractivity contribution in [2.75, 3.05) is 0 Å². The number of nitrogens with two attached hydrogens (primary N) is 2. The fourth-order valence-corrected chi connectivity index (χ4v) is 1.08. The number of aliphatic imine (C=N–C) groups is 1. The fourth-order valence-electron chi connectivity index (χ4n) is 0.839. The molecule has 3 nitrogen and oxygen atoms in total. The predicted molar refractivity (Wildman–Crippen MR) is 53.2 cm³/mol. The van der Waals surface area contributed by atoms with Gasteiger partial charge >= 0.3 is 0 Å². The third-order valence-electron chi connectivity index (χ3n) is 1.45. The van der Waals surface area contributed by atoms with Crippen LogP contribution in [0.1, 0.15) is 5.56 Å². The largest absolute Gasteiger partial charge is 0.370 e. The normalized spacial score (nSPS) is 9.69. The van der Waals surface area contributed by atoms with Crippen molar-refractivity contribution in [1.82, 2.24) is 0 Å². The molecule has 0 heterocycles. The molecule has 70 valence electrons. The van der Waals surface area contributed by atoms with Crippen molar-refractivity contribution in [2.24, 2.45) is 16.5 Å². The maximum atomic E-state index is 12.7. The van der Waals surface area contributed by atoms with E-state index in [2.05, 4.69) is 17.6 Å². The average Bonchev–Trinajstić information content (AvgIpc) is 2.07. The first-order valence-electron chi connectivity index (χ1n) is 3.62. The van der Waals surface area contributed by atoms with Crippen molar-refractivity contribution in [3.63, 3.8) is 0 Å². The van der Waals surface area contributed by atoms with Crippen LogP contribution in [0.5, 0.6) is 0 Å². The molecule has 1 rings (SSSR count). The number of guanidine groups is 1. The van der Waals surface area contributed by atoms with Gasteiger partial charge in [0.2, 0.25) is 0 Å². The highest BCUT2D eigenvalue weighted by atomic mass is 32.1. The third-order valence-corrected chi connectivity index (χ3v) is 1.80. The van der Waals surface area contributed by atoms with Crippen LogP contribution in [0.2, 0.25) is 0 Å². The minimum Gasteiger partial charge on any atom is -0.370 e. The Bertz CT molecular complexity index is 334. The zero-order chi connectivity index (χ0) is 9.84. The highest BCUT2D eigenvalue weighted by Gasteiger charge is 1.98. The summed E-state index contributed by atoms with van der Waals surface area (Å²) in [6.45, 7) is 0.343. The molecule has 0 spiro atoms. The summed E-state index contributed by atoms with van der Waals surface area (Å²) >= 11 is 3.93. The lowest BCUT2D eigenvalue weighted by molar-refractivity contribution is 0.601. The van der Waals surface area contributed by atoms with E-state index in [0.717, 1.165) is 5.56 Å². The van der Waals surface area contributed by atoms with Crippen molar-refractivity contribution in [3.05, 3.63) is 29.6 Å². The Morgan fingerprint density at radius 1 is 1.46 bits per heavy atom. The van der Waals surface area contributed by atoms with Gasteiger partial charge in [-0.1, -0.05) is 6.07 Å². The van der Waals surface area contributed by atoms with E-state index in [1.807, 2.05) is 0 Å². The molecule has 1 aromatic carbocycles. The molecular formula is C8H10FN3S. The molecule has 0 aromatic heterocycles. The van der Waals surface area contributed by atoms with Gasteiger partial charge in [-0.2, -0.15) is 0 Å². The Balaban J connectivity index is 2.80. The first kappa shape index (κ1) is 9.85. The molecule has 0 fully saturated rings. The van der Waals surface area contributed by atoms with Gasteiger partial charge in [-0.3, -0.25) is 0 Å². The molecule has 13 heavy (non-hydrogen) atoms. The van der Waals surface area contributed by atoms with Crippen molar-refractivity contribution >= 4 is 18.6 Å². The van der Waals surface area contributed by atoms with Crippen LogP contribution < -0.4 is 11.5 Å². The Hall–Kier alpha value is -1.23. The summed E-state index contributed by atoms with van der Waals surface area (Å²) in [5.41, 5.74) is 11.1. The van der Waals surface area contributed by atoms with Gasteiger partial charge in [0.05, 0.1) is 6.54 Å². The lowest BCUT2D eigenvalue weighted by Crippen LogP contribution is -2.22. The predicted octanol–water partition coefficient (Wildman–Crippen LogP) is 0.888. The molecule has 0 unspecified atom stereocenters. The molecule has 0 aliphatic heterocycles. The zero-order valence-corrected chi connectivity index (χ0v) is 7.76. The van der Waals surface area contributed by atoms with Crippen LogP contribution in [0.3, 0.4) is 0 Å². The topological polar surface area (TPSA) is 64.4 Å². The van der Waals surface area contributed by atoms with Gasteiger partial charge in [-0.15, -0.1) is 12.6 Å². The van der Waals surface area contributed by atoms with Gasteiger partial charge in [0, 0.05) is 4.90 Å². The third kappa shape index (κ3) is 2.95. The Morgan fingerprint density at radius 3 is 2.69 bits per heavy atom. The Labute approximate surface area is 81.1 Å². The second-order valence-corrected chi connectivity index (χ2v) is 3.01. The van der Waals surface area contributed by atoms with Gasteiger partial charge in [-0.05, 0) is 17.7 Å². The van der Waals surface area contributed by atoms with E-state index in [1.54, 1.807) is 12.1 Å². The number of rotatable bonds is 2. The van der Waals surface area contributed by atoms with E-state index in [1.165, 1.54) is 6.07 Å². The van der Waals surface area contributed by atoms with Crippen LogP contribution in [0.25, 0.3) is 0 Å². The van der Waals surface area contributed by atoms with Crippen molar-refractivity contribution in [3.8, 4) is 0 Å². The van der Waals surface area contributed by atoms with Crippen molar-refractivity contribution in [1.29, 1.82) is 0 Å². The van der Waals surface area contributed by atoms with E-state index in [9.17, 15) is 4.39 Å². The van der Waals surface area contributed by atoms with Gasteiger partial charge in [0.1, 0.15) is 5.82 Å². The van der Waals surface area contributed by atoms with Crippen LogP contribution in [-0.2, 0) is 6.54 Å². The van der Waals surface area contributed by atoms with Crippen LogP contribution in [0.15, 0.2) is 28.1 Å². The summed E-state index contributed by atoms with van der Waals surface area (Å²) in [6.07, 6.45) is 0. The molecule has 1 aromatic rings. The van der Waals surface area contributed by atoms with Gasteiger partial charge < -0.3 is 11.5 Å². The molecule has 0 atom stereocenters. The van der Waals surface area contributed by atoms with E-state index in [4.69, 9.17) is 11.5 Å². The number of nitrogens with zero attached hydrogens (tertiary/aromatic N) is 1. The van der Waals surface area contributed by atoms with Crippen LogP contribution >= 0.6 is 12.6 Å². The molecule has 4 N–H and O–H groups in total. The summed E-state index contributed by atoms with van der Waals surface area (Å²) < 4.78 is 12.7. The van der Waals surface area contributed by atoms with Crippen molar-refractivity contribution < 1.29 is 4.39 Å². The number of hydrogen-bond acceptors (Lipinski definition) is 2. The summed E-state index contributed by atoms with van der Waals surface area (Å²) in [5, 5.41) is 0. The number of benzene rings is 1. The minimum atomic E-state index is -0.350. The van der Waals surface area contributed by atoms with E-state index in [0.29, 0.717) is 11.4 Å². The minimum absolute atomic E-state index is 0.0186. The molecule has 0 aliphatic rings. The van der Waals surface area contributed by atoms with Gasteiger partial charge in [0.25, 0.3) is 0 Å². The molecule has 0 bridgehead atoms. The van der Waals surface area contributed by atoms with E-state index in [-0.39, 0.29) is 11.8 Å². The maximum Gasteiger partial charge on any atom is 0.186 e. The molecule has 0 saturated heterocycles. The second kappa shape index (κ2) is 4.13. The summed E-state index contributed by atoms with van der Waals surface area (Å²) in [4.78, 5) is 4.08. The lowest BCUT2D eigenvalue weighted by Gasteiger charge is -1.99. The van der Waals surface area contributed by atoms with Crippen molar-refractivity contribution in [2.45, 2.75) is 11.4 Å². The van der Waals surface area contributed by atoms with Crippen LogP contribution in [-0.4, -0.2) is 5.96 Å². The molecular weight excluding hydrogens is 189 g/mol. The summed E-state index contributed by atoms with van der Waals surface area (Å²) in [5.74, 6) is -0.332. The second-order valence-electron chi connectivity index (χ2n) is 2.53. The first-order valence-corrected chi connectivity index (χ1v) is 4.07. The van der Waals surface area contributed by atoms with Gasteiger partial charge in [-0.25, -0.2) is 9.38 Å². The Morgan fingerprint density at radius 2 is 2.15 bits per heavy atom. The fraction of sp³-hybridized carbons (Fsp3) is 0.125. The SMILES string of the molecule is NC(N)=NCc1ccc(F)c(S)c1. The summed E-state index contributed by atoms with van der Waals surface area (Å²) in [6, 6.07) is 4.53. The number of thiol groups is 1. The Kier molecular flexibility index (Phi) is 3.13. The molecule has 0 saturated carbocycles. The quantitative estimate of drug-likeness (QED) is 0.376. The number of halogens is 1. The first-order chi connectivity index (χ1) is 6.09. The lowest BCUT2D eigenvalue weighted by atomic mass is 10.2. The molecule has 5 heteroatoms. The highest BCUT2D eigenvalue weighted by Crippen LogP contribution is 2.14. The average molecular weight is 199 g/mol. The zero-order valence-electron chi connectivity index (χ0n) is 6.87. The molecule has 0 aliphatic carbocycles.